The van der Waals surface area contributed by atoms with E-state index in [2.05, 4.69) is 5.16 Å². The van der Waals surface area contributed by atoms with Gasteiger partial charge in [0.15, 0.2) is 5.84 Å². The molecule has 2 aromatic carbocycles. The third kappa shape index (κ3) is 3.69. The van der Waals surface area contributed by atoms with Crippen LogP contribution in [0.5, 0.6) is 0 Å². The van der Waals surface area contributed by atoms with Gasteiger partial charge in [0, 0.05) is 5.56 Å². The van der Waals surface area contributed by atoms with E-state index in [0.29, 0.717) is 11.1 Å². The lowest BCUT2D eigenvalue weighted by atomic mass is 10.1. The van der Waals surface area contributed by atoms with Gasteiger partial charge >= 0.3 is 5.97 Å². The third-order valence-corrected chi connectivity index (χ3v) is 3.18. The van der Waals surface area contributed by atoms with E-state index in [1.807, 2.05) is 57.2 Å². The molecule has 0 bridgehead atoms. The van der Waals surface area contributed by atoms with E-state index in [0.717, 1.165) is 16.7 Å². The number of hydrogen-bond donors (Lipinski definition) is 1. The van der Waals surface area contributed by atoms with Crippen LogP contribution in [-0.2, 0) is 4.84 Å². The number of oxime groups is 1. The van der Waals surface area contributed by atoms with Crippen molar-refractivity contribution in [3.8, 4) is 0 Å². The largest absolute Gasteiger partial charge is 0.380 e. The molecular weight excluding hydrogens is 264 g/mol. The highest BCUT2D eigenvalue weighted by molar-refractivity contribution is 5.98. The molecule has 2 rings (SSSR count). The van der Waals surface area contributed by atoms with E-state index in [-0.39, 0.29) is 5.84 Å². The van der Waals surface area contributed by atoms with Crippen LogP contribution >= 0.6 is 0 Å². The molecule has 21 heavy (non-hydrogen) atoms. The molecule has 4 heteroatoms. The normalized spacial score (nSPS) is 11.3. The average molecular weight is 282 g/mol. The van der Waals surface area contributed by atoms with Crippen molar-refractivity contribution < 1.29 is 9.63 Å². The van der Waals surface area contributed by atoms with Crippen molar-refractivity contribution in [2.45, 2.75) is 20.8 Å². The van der Waals surface area contributed by atoms with Gasteiger partial charge in [-0.1, -0.05) is 52.7 Å². The molecule has 0 aliphatic carbocycles. The van der Waals surface area contributed by atoms with Crippen molar-refractivity contribution in [3.63, 3.8) is 0 Å². The quantitative estimate of drug-likeness (QED) is 0.407. The Morgan fingerprint density at radius 2 is 1.62 bits per heavy atom. The minimum Gasteiger partial charge on any atom is -0.380 e. The van der Waals surface area contributed by atoms with Crippen molar-refractivity contribution in [1.82, 2.24) is 0 Å². The van der Waals surface area contributed by atoms with E-state index in [9.17, 15) is 4.79 Å². The summed E-state index contributed by atoms with van der Waals surface area (Å²) in [5, 5.41) is 3.71. The molecule has 2 N–H and O–H groups in total. The van der Waals surface area contributed by atoms with Gasteiger partial charge in [-0.05, 0) is 32.4 Å². The van der Waals surface area contributed by atoms with Crippen LogP contribution in [0.1, 0.15) is 32.6 Å². The molecular formula is C17H18N2O2. The molecule has 0 amide bonds. The summed E-state index contributed by atoms with van der Waals surface area (Å²) in [6.45, 7) is 5.81. The van der Waals surface area contributed by atoms with Gasteiger partial charge in [0.05, 0.1) is 5.56 Å². The first kappa shape index (κ1) is 14.8. The van der Waals surface area contributed by atoms with Crippen LogP contribution in [0.4, 0.5) is 0 Å². The maximum Gasteiger partial charge on any atom is 0.366 e. The summed E-state index contributed by atoms with van der Waals surface area (Å²) in [7, 11) is 0. The van der Waals surface area contributed by atoms with Crippen LogP contribution < -0.4 is 5.73 Å². The van der Waals surface area contributed by atoms with Gasteiger partial charge in [0.1, 0.15) is 0 Å². The molecule has 0 radical (unpaired) electrons. The predicted molar refractivity (Wildman–Crippen MR) is 83.2 cm³/mol. The summed E-state index contributed by atoms with van der Waals surface area (Å²) < 4.78 is 0. The van der Waals surface area contributed by atoms with Crippen molar-refractivity contribution >= 4 is 11.8 Å². The topological polar surface area (TPSA) is 64.7 Å². The van der Waals surface area contributed by atoms with Crippen LogP contribution in [0.25, 0.3) is 0 Å². The van der Waals surface area contributed by atoms with Crippen molar-refractivity contribution in [1.29, 1.82) is 0 Å². The van der Waals surface area contributed by atoms with Gasteiger partial charge < -0.3 is 10.6 Å². The monoisotopic (exact) mass is 282 g/mol. The zero-order chi connectivity index (χ0) is 15.4. The molecule has 4 nitrogen and oxygen atoms in total. The zero-order valence-electron chi connectivity index (χ0n) is 12.4. The van der Waals surface area contributed by atoms with Gasteiger partial charge in [-0.3, -0.25) is 0 Å². The molecule has 0 aliphatic rings. The number of nitrogens with zero attached hydrogens (tertiary/aromatic N) is 1. The highest BCUT2D eigenvalue weighted by Crippen LogP contribution is 2.12. The maximum atomic E-state index is 12.0. The molecule has 0 spiro atoms. The van der Waals surface area contributed by atoms with Gasteiger partial charge in [-0.15, -0.1) is 0 Å². The Morgan fingerprint density at radius 3 is 2.24 bits per heavy atom. The van der Waals surface area contributed by atoms with Crippen LogP contribution in [-0.4, -0.2) is 11.8 Å². The molecule has 0 heterocycles. The summed E-state index contributed by atoms with van der Waals surface area (Å²) in [6, 6.07) is 13.0. The van der Waals surface area contributed by atoms with Gasteiger partial charge in [-0.2, -0.15) is 0 Å². The first-order valence-electron chi connectivity index (χ1n) is 6.66. The van der Waals surface area contributed by atoms with E-state index >= 15 is 0 Å². The summed E-state index contributed by atoms with van der Waals surface area (Å²) in [5.41, 5.74) is 10.1. The van der Waals surface area contributed by atoms with Gasteiger partial charge in [0.2, 0.25) is 0 Å². The van der Waals surface area contributed by atoms with Gasteiger partial charge in [-0.25, -0.2) is 4.79 Å². The SMILES string of the molecule is Cc1ccc(/C(N)=N/OC(=O)c2ccc(C)cc2C)cc1. The van der Waals surface area contributed by atoms with Gasteiger partial charge in [0.25, 0.3) is 0 Å². The minimum atomic E-state index is -0.512. The smallest absolute Gasteiger partial charge is 0.366 e. The second-order valence-corrected chi connectivity index (χ2v) is 5.04. The third-order valence-electron chi connectivity index (χ3n) is 3.18. The lowest BCUT2D eigenvalue weighted by Crippen LogP contribution is -2.15. The zero-order valence-corrected chi connectivity index (χ0v) is 12.4. The Balaban J connectivity index is 2.12. The first-order chi connectivity index (χ1) is 9.97. The number of benzene rings is 2. The number of rotatable bonds is 3. The van der Waals surface area contributed by atoms with Crippen molar-refractivity contribution in [3.05, 3.63) is 70.3 Å². The number of nitrogens with two attached hydrogens (primary N) is 1. The van der Waals surface area contributed by atoms with E-state index in [1.165, 1.54) is 0 Å². The Hall–Kier alpha value is -2.62. The molecule has 0 aromatic heterocycles. The summed E-state index contributed by atoms with van der Waals surface area (Å²) in [5.74, 6) is -0.337. The molecule has 0 saturated heterocycles. The van der Waals surface area contributed by atoms with Crippen LogP contribution in [0, 0.1) is 20.8 Å². The second-order valence-electron chi connectivity index (χ2n) is 5.04. The first-order valence-corrected chi connectivity index (χ1v) is 6.66. The lowest BCUT2D eigenvalue weighted by molar-refractivity contribution is 0.0515. The maximum absolute atomic E-state index is 12.0. The fraction of sp³-hybridized carbons (Fsp3) is 0.176. The summed E-state index contributed by atoms with van der Waals surface area (Å²) in [6.07, 6.45) is 0. The molecule has 0 aliphatic heterocycles. The average Bonchev–Trinajstić information content (AvgIpc) is 2.45. The van der Waals surface area contributed by atoms with E-state index in [4.69, 9.17) is 10.6 Å². The van der Waals surface area contributed by atoms with E-state index in [1.54, 1.807) is 6.07 Å². The van der Waals surface area contributed by atoms with Crippen LogP contribution in [0.3, 0.4) is 0 Å². The molecule has 0 fully saturated rings. The minimum absolute atomic E-state index is 0.174. The highest BCUT2D eigenvalue weighted by atomic mass is 16.7. The number of carbonyl (C=O) groups excluding carboxylic acids is 1. The summed E-state index contributed by atoms with van der Waals surface area (Å²) in [4.78, 5) is 16.9. The molecule has 108 valence electrons. The van der Waals surface area contributed by atoms with Crippen LogP contribution in [0.2, 0.25) is 0 Å². The second kappa shape index (κ2) is 6.22. The molecule has 0 saturated carbocycles. The number of hydrogen-bond acceptors (Lipinski definition) is 3. The fourth-order valence-electron chi connectivity index (χ4n) is 1.96. The molecule has 0 unspecified atom stereocenters. The summed E-state index contributed by atoms with van der Waals surface area (Å²) >= 11 is 0. The Kier molecular flexibility index (Phi) is 4.38. The van der Waals surface area contributed by atoms with E-state index < -0.39 is 5.97 Å². The fourth-order valence-corrected chi connectivity index (χ4v) is 1.96. The number of aryl methyl sites for hydroxylation is 3. The van der Waals surface area contributed by atoms with Crippen molar-refractivity contribution in [2.75, 3.05) is 0 Å². The van der Waals surface area contributed by atoms with Crippen LogP contribution in [0.15, 0.2) is 47.6 Å². The standard InChI is InChI=1S/C17H18N2O2/c1-11-4-7-14(8-5-11)16(18)19-21-17(20)15-9-6-12(2)10-13(15)3/h4-10H,1-3H3,(H2,18,19). The Bertz CT molecular complexity index is 688. The predicted octanol–water partition coefficient (Wildman–Crippen LogP) is 3.09. The highest BCUT2D eigenvalue weighted by Gasteiger charge is 2.11. The number of amidine groups is 1. The molecule has 0 atom stereocenters. The number of carbonyl (C=O) groups is 1. The Morgan fingerprint density at radius 1 is 1.00 bits per heavy atom. The lowest BCUT2D eigenvalue weighted by Gasteiger charge is -2.05. The Labute approximate surface area is 124 Å². The molecule has 2 aromatic rings. The van der Waals surface area contributed by atoms with Crippen molar-refractivity contribution in [2.24, 2.45) is 10.9 Å².